The Kier molecular flexibility index (Phi) is 8.13. The number of rotatable bonds is 5. The van der Waals surface area contributed by atoms with Gasteiger partial charge in [0.2, 0.25) is 12.4 Å². The summed E-state index contributed by atoms with van der Waals surface area (Å²) >= 11 is 0. The summed E-state index contributed by atoms with van der Waals surface area (Å²) in [6.45, 7) is 7.91. The number of carbonyl (C=O) groups is 5. The standard InChI is InChI=1S/C18H26O11/c1-8(19)25-11-12(26-9(2)20)14(27-10(3)21)16(28-13(11)15(22)24-7)29-17(23)18(4,5)6/h11-14,16H,1-7H3/t11-,12-,13-,14+,16+/m0/s1. The normalized spacial score (nSPS) is 26.7. The van der Waals surface area contributed by atoms with Gasteiger partial charge in [0.15, 0.2) is 18.3 Å². The summed E-state index contributed by atoms with van der Waals surface area (Å²) in [6.07, 6.45) is -7.77. The second-order valence-electron chi connectivity index (χ2n) is 7.33. The predicted molar refractivity (Wildman–Crippen MR) is 92.9 cm³/mol. The Balaban J connectivity index is 3.44. The molecule has 11 nitrogen and oxygen atoms in total. The highest BCUT2D eigenvalue weighted by Gasteiger charge is 2.56. The van der Waals surface area contributed by atoms with Crippen LogP contribution in [0.25, 0.3) is 0 Å². The summed E-state index contributed by atoms with van der Waals surface area (Å²) in [5, 5.41) is 0. The topological polar surface area (TPSA) is 141 Å². The molecule has 5 atom stereocenters. The van der Waals surface area contributed by atoms with Crippen LogP contribution in [-0.4, -0.2) is 67.7 Å². The molecule has 11 heteroatoms. The molecule has 0 radical (unpaired) electrons. The molecule has 164 valence electrons. The second-order valence-corrected chi connectivity index (χ2v) is 7.33. The number of carbonyl (C=O) groups excluding carboxylic acids is 5. The summed E-state index contributed by atoms with van der Waals surface area (Å²) < 4.78 is 30.8. The number of hydrogen-bond donors (Lipinski definition) is 0. The van der Waals surface area contributed by atoms with Crippen molar-refractivity contribution >= 4 is 29.8 Å². The zero-order valence-electron chi connectivity index (χ0n) is 17.4. The largest absolute Gasteiger partial charge is 0.467 e. The Labute approximate surface area is 167 Å². The molecule has 0 aromatic heterocycles. The van der Waals surface area contributed by atoms with Crippen LogP contribution in [0, 0.1) is 5.41 Å². The van der Waals surface area contributed by atoms with Crippen molar-refractivity contribution < 1.29 is 52.4 Å². The fraction of sp³-hybridized carbons (Fsp3) is 0.722. The Morgan fingerprint density at radius 2 is 1.17 bits per heavy atom. The van der Waals surface area contributed by atoms with Gasteiger partial charge in [-0.05, 0) is 20.8 Å². The third-order valence-electron chi connectivity index (χ3n) is 3.67. The summed E-state index contributed by atoms with van der Waals surface area (Å²) in [7, 11) is 1.06. The molecule has 1 saturated heterocycles. The molecule has 29 heavy (non-hydrogen) atoms. The number of hydrogen-bond acceptors (Lipinski definition) is 11. The van der Waals surface area contributed by atoms with Crippen molar-refractivity contribution in [2.75, 3.05) is 7.11 Å². The van der Waals surface area contributed by atoms with E-state index in [0.29, 0.717) is 0 Å². The first-order chi connectivity index (χ1) is 13.3. The monoisotopic (exact) mass is 418 g/mol. The van der Waals surface area contributed by atoms with E-state index in [0.717, 1.165) is 27.9 Å². The first-order valence-electron chi connectivity index (χ1n) is 8.74. The van der Waals surface area contributed by atoms with Crippen LogP contribution in [0.1, 0.15) is 41.5 Å². The van der Waals surface area contributed by atoms with Crippen LogP contribution in [0.3, 0.4) is 0 Å². The van der Waals surface area contributed by atoms with Crippen LogP contribution >= 0.6 is 0 Å². The molecule has 1 aliphatic heterocycles. The van der Waals surface area contributed by atoms with E-state index in [1.165, 1.54) is 0 Å². The zero-order valence-corrected chi connectivity index (χ0v) is 17.4. The van der Waals surface area contributed by atoms with Gasteiger partial charge in [0, 0.05) is 20.8 Å². The molecule has 0 aromatic carbocycles. The SMILES string of the molecule is COC(=O)[C@H]1O[C@H](OC(=O)C(C)(C)C)[C@H](OC(C)=O)[C@@H](OC(C)=O)[C@@H]1OC(C)=O. The maximum atomic E-state index is 12.3. The predicted octanol–water partition coefficient (Wildman–Crippen LogP) is 0.269. The van der Waals surface area contributed by atoms with Crippen molar-refractivity contribution in [2.45, 2.75) is 72.2 Å². The van der Waals surface area contributed by atoms with Crippen LogP contribution in [0.4, 0.5) is 0 Å². The third-order valence-corrected chi connectivity index (χ3v) is 3.67. The molecule has 1 heterocycles. The quantitative estimate of drug-likeness (QED) is 0.448. The van der Waals surface area contributed by atoms with Gasteiger partial charge in [0.1, 0.15) is 0 Å². The molecule has 0 bridgehead atoms. The maximum Gasteiger partial charge on any atom is 0.339 e. The van der Waals surface area contributed by atoms with Gasteiger partial charge in [0.05, 0.1) is 12.5 Å². The maximum absolute atomic E-state index is 12.3. The highest BCUT2D eigenvalue weighted by Crippen LogP contribution is 2.31. The molecule has 0 aromatic rings. The van der Waals surface area contributed by atoms with Gasteiger partial charge in [-0.15, -0.1) is 0 Å². The van der Waals surface area contributed by atoms with Crippen molar-refractivity contribution in [3.63, 3.8) is 0 Å². The molecule has 1 aliphatic rings. The van der Waals surface area contributed by atoms with Crippen LogP contribution in [0.5, 0.6) is 0 Å². The second kappa shape index (κ2) is 9.68. The third kappa shape index (κ3) is 6.70. The van der Waals surface area contributed by atoms with Crippen LogP contribution in [0.15, 0.2) is 0 Å². The van der Waals surface area contributed by atoms with Crippen molar-refractivity contribution in [1.82, 2.24) is 0 Å². The molecule has 0 amide bonds. The van der Waals surface area contributed by atoms with Gasteiger partial charge in [0.25, 0.3) is 0 Å². The van der Waals surface area contributed by atoms with Crippen LogP contribution in [-0.2, 0) is 52.4 Å². The molecule has 1 rings (SSSR count). The van der Waals surface area contributed by atoms with Crippen molar-refractivity contribution in [3.8, 4) is 0 Å². The van der Waals surface area contributed by atoms with Crippen LogP contribution < -0.4 is 0 Å². The molecular formula is C18H26O11. The van der Waals surface area contributed by atoms with Gasteiger partial charge in [-0.1, -0.05) is 0 Å². The van der Waals surface area contributed by atoms with E-state index in [2.05, 4.69) is 4.74 Å². The van der Waals surface area contributed by atoms with Crippen molar-refractivity contribution in [1.29, 1.82) is 0 Å². The fourth-order valence-corrected chi connectivity index (χ4v) is 2.46. The van der Waals surface area contributed by atoms with E-state index >= 15 is 0 Å². The van der Waals surface area contributed by atoms with E-state index in [1.54, 1.807) is 20.8 Å². The minimum atomic E-state index is -1.63. The van der Waals surface area contributed by atoms with Gasteiger partial charge in [-0.3, -0.25) is 19.2 Å². The van der Waals surface area contributed by atoms with Gasteiger partial charge >= 0.3 is 29.8 Å². The lowest BCUT2D eigenvalue weighted by molar-refractivity contribution is -0.296. The first-order valence-corrected chi connectivity index (χ1v) is 8.74. The minimum Gasteiger partial charge on any atom is -0.467 e. The number of methoxy groups -OCH3 is 1. The molecule has 0 saturated carbocycles. The first kappa shape index (κ1) is 24.3. The molecule has 1 fully saturated rings. The fourth-order valence-electron chi connectivity index (χ4n) is 2.46. The molecule has 0 unspecified atom stereocenters. The van der Waals surface area contributed by atoms with E-state index in [9.17, 15) is 24.0 Å². The Hall–Kier alpha value is -2.69. The van der Waals surface area contributed by atoms with Gasteiger partial charge < -0.3 is 28.4 Å². The molecule has 0 spiro atoms. The smallest absolute Gasteiger partial charge is 0.339 e. The van der Waals surface area contributed by atoms with Crippen LogP contribution in [0.2, 0.25) is 0 Å². The van der Waals surface area contributed by atoms with E-state index in [4.69, 9.17) is 23.7 Å². The van der Waals surface area contributed by atoms with Crippen molar-refractivity contribution in [2.24, 2.45) is 5.41 Å². The summed E-state index contributed by atoms with van der Waals surface area (Å²) in [5.74, 6) is -4.18. The lowest BCUT2D eigenvalue weighted by atomic mass is 9.96. The molecule has 0 N–H and O–H groups in total. The van der Waals surface area contributed by atoms with E-state index < -0.39 is 66.0 Å². The average molecular weight is 418 g/mol. The average Bonchev–Trinajstić information content (AvgIpc) is 2.56. The highest BCUT2D eigenvalue weighted by molar-refractivity contribution is 5.78. The Morgan fingerprint density at radius 3 is 1.59 bits per heavy atom. The summed E-state index contributed by atoms with van der Waals surface area (Å²) in [6, 6.07) is 0. The van der Waals surface area contributed by atoms with Gasteiger partial charge in [-0.25, -0.2) is 4.79 Å². The Morgan fingerprint density at radius 1 is 0.724 bits per heavy atom. The summed E-state index contributed by atoms with van der Waals surface area (Å²) in [5.41, 5.74) is -0.964. The highest BCUT2D eigenvalue weighted by atomic mass is 16.7. The summed E-state index contributed by atoms with van der Waals surface area (Å²) in [4.78, 5) is 59.4. The number of esters is 5. The number of ether oxygens (including phenoxy) is 6. The van der Waals surface area contributed by atoms with E-state index in [1.807, 2.05) is 0 Å². The minimum absolute atomic E-state index is 0.740. The van der Waals surface area contributed by atoms with Gasteiger partial charge in [-0.2, -0.15) is 0 Å². The molecular weight excluding hydrogens is 392 g/mol. The van der Waals surface area contributed by atoms with Crippen molar-refractivity contribution in [3.05, 3.63) is 0 Å². The van der Waals surface area contributed by atoms with E-state index in [-0.39, 0.29) is 0 Å². The Bertz CT molecular complexity index is 663. The lowest BCUT2D eigenvalue weighted by Gasteiger charge is -2.43. The zero-order chi connectivity index (χ0) is 22.5. The molecule has 0 aliphatic carbocycles. The lowest BCUT2D eigenvalue weighted by Crippen LogP contribution is -2.64.